The van der Waals surface area contributed by atoms with Gasteiger partial charge in [-0.3, -0.25) is 9.97 Å². The van der Waals surface area contributed by atoms with Crippen LogP contribution in [0.15, 0.2) is 110 Å². The summed E-state index contributed by atoms with van der Waals surface area (Å²) in [4.78, 5) is 9.29. The zero-order chi connectivity index (χ0) is 29.1. The summed E-state index contributed by atoms with van der Waals surface area (Å²) in [6, 6.07) is 25.3. The highest BCUT2D eigenvalue weighted by Gasteiger charge is 2.35. The van der Waals surface area contributed by atoms with Crippen LogP contribution in [-0.2, 0) is 18.4 Å². The van der Waals surface area contributed by atoms with Gasteiger partial charge in [0.1, 0.15) is 11.4 Å². The van der Waals surface area contributed by atoms with Crippen molar-refractivity contribution in [1.29, 1.82) is 0 Å². The van der Waals surface area contributed by atoms with Gasteiger partial charge in [0.2, 0.25) is 0 Å². The number of benzene rings is 3. The minimum atomic E-state index is -1.66. The van der Waals surface area contributed by atoms with Crippen molar-refractivity contribution in [2.75, 3.05) is 0 Å². The first-order valence-electron chi connectivity index (χ1n) is 14.1. The maximum absolute atomic E-state index is 14.4. The van der Waals surface area contributed by atoms with E-state index in [2.05, 4.69) is 29.1 Å². The molecule has 42 heavy (non-hydrogen) atoms. The van der Waals surface area contributed by atoms with E-state index in [1.54, 1.807) is 42.9 Å². The predicted molar refractivity (Wildman–Crippen MR) is 164 cm³/mol. The Morgan fingerprint density at radius 2 is 1.71 bits per heavy atom. The fourth-order valence-corrected chi connectivity index (χ4v) is 5.78. The maximum atomic E-state index is 14.4. The quantitative estimate of drug-likeness (QED) is 0.190. The molecular formula is C35H30ClFN4O. The normalized spacial score (nSPS) is 12.9. The van der Waals surface area contributed by atoms with Gasteiger partial charge in [0, 0.05) is 47.9 Å². The standard InChI is InChI=1S/C35H30ClFN4O/c1-2-3-10-32-30(20-24-11-14-29(15-12-24)41-19-6-18-39-41)34(36)31-22-26(13-16-33(31)40-32)35(42,27-8-5-17-38-23-27)25-7-4-9-28(37)21-25/h4-9,11-19,21-23,42H,2-3,10,20H2,1H3. The van der Waals surface area contributed by atoms with Crippen molar-refractivity contribution >= 4 is 22.5 Å². The van der Waals surface area contributed by atoms with E-state index >= 15 is 0 Å². The van der Waals surface area contributed by atoms with E-state index in [1.807, 2.05) is 47.3 Å². The topological polar surface area (TPSA) is 63.8 Å². The van der Waals surface area contributed by atoms with E-state index in [4.69, 9.17) is 16.6 Å². The molecule has 0 aliphatic heterocycles. The number of unbranched alkanes of at least 4 members (excludes halogenated alkanes) is 1. The maximum Gasteiger partial charge on any atom is 0.142 e. The molecule has 1 N–H and O–H groups in total. The smallest absolute Gasteiger partial charge is 0.142 e. The van der Waals surface area contributed by atoms with Gasteiger partial charge in [0.05, 0.1) is 16.2 Å². The number of halogens is 2. The summed E-state index contributed by atoms with van der Waals surface area (Å²) in [5, 5.41) is 18.0. The van der Waals surface area contributed by atoms with Gasteiger partial charge in [-0.2, -0.15) is 5.10 Å². The average molecular weight is 577 g/mol. The van der Waals surface area contributed by atoms with Gasteiger partial charge in [-0.15, -0.1) is 0 Å². The van der Waals surface area contributed by atoms with E-state index in [0.717, 1.165) is 52.7 Å². The van der Waals surface area contributed by atoms with Crippen LogP contribution >= 0.6 is 11.6 Å². The van der Waals surface area contributed by atoms with Crippen LogP contribution in [0.1, 0.15) is 53.3 Å². The Morgan fingerprint density at radius 3 is 2.43 bits per heavy atom. The van der Waals surface area contributed by atoms with Gasteiger partial charge in [-0.1, -0.05) is 61.3 Å². The summed E-state index contributed by atoms with van der Waals surface area (Å²) >= 11 is 7.22. The number of nitrogens with zero attached hydrogens (tertiary/aromatic N) is 4. The summed E-state index contributed by atoms with van der Waals surface area (Å²) in [6.07, 6.45) is 10.4. The molecule has 0 saturated carbocycles. The Balaban J connectivity index is 1.47. The van der Waals surface area contributed by atoms with E-state index in [-0.39, 0.29) is 0 Å². The molecule has 6 rings (SSSR count). The molecule has 1 unspecified atom stereocenters. The molecule has 3 aromatic heterocycles. The highest BCUT2D eigenvalue weighted by Crippen LogP contribution is 2.40. The molecule has 0 amide bonds. The van der Waals surface area contributed by atoms with Gasteiger partial charge >= 0.3 is 0 Å². The zero-order valence-electron chi connectivity index (χ0n) is 23.2. The monoisotopic (exact) mass is 576 g/mol. The van der Waals surface area contributed by atoms with Gasteiger partial charge in [-0.05, 0) is 83.6 Å². The van der Waals surface area contributed by atoms with E-state index in [1.165, 1.54) is 12.1 Å². The zero-order valence-corrected chi connectivity index (χ0v) is 24.0. The number of fused-ring (bicyclic) bond motifs is 1. The molecule has 0 bridgehead atoms. The number of hydrogen-bond acceptors (Lipinski definition) is 4. The second kappa shape index (κ2) is 11.8. The molecule has 6 aromatic rings. The number of aryl methyl sites for hydroxylation is 1. The van der Waals surface area contributed by atoms with Crippen LogP contribution in [0.2, 0.25) is 5.02 Å². The molecule has 0 spiro atoms. The average Bonchev–Trinajstić information content (AvgIpc) is 3.57. The highest BCUT2D eigenvalue weighted by atomic mass is 35.5. The number of pyridine rings is 2. The number of rotatable bonds is 9. The molecule has 0 aliphatic rings. The first-order valence-corrected chi connectivity index (χ1v) is 14.4. The van der Waals surface area contributed by atoms with Crippen molar-refractivity contribution in [3.05, 3.63) is 154 Å². The minimum Gasteiger partial charge on any atom is -0.376 e. The largest absolute Gasteiger partial charge is 0.376 e. The third kappa shape index (κ3) is 5.31. The van der Waals surface area contributed by atoms with Gasteiger partial charge in [-0.25, -0.2) is 9.07 Å². The van der Waals surface area contributed by atoms with Crippen molar-refractivity contribution < 1.29 is 9.50 Å². The Hall–Kier alpha value is -4.39. The summed E-state index contributed by atoms with van der Waals surface area (Å²) < 4.78 is 16.2. The van der Waals surface area contributed by atoms with Crippen LogP contribution in [0.25, 0.3) is 16.6 Å². The van der Waals surface area contributed by atoms with Crippen LogP contribution in [0.5, 0.6) is 0 Å². The molecule has 210 valence electrons. The summed E-state index contributed by atoms with van der Waals surface area (Å²) in [5.41, 5.74) is 4.60. The van der Waals surface area contributed by atoms with Crippen LogP contribution in [0.4, 0.5) is 4.39 Å². The Morgan fingerprint density at radius 1 is 0.905 bits per heavy atom. The number of hydrogen-bond donors (Lipinski definition) is 1. The van der Waals surface area contributed by atoms with E-state index < -0.39 is 11.4 Å². The van der Waals surface area contributed by atoms with E-state index in [9.17, 15) is 9.50 Å². The number of aromatic nitrogens is 4. The van der Waals surface area contributed by atoms with Gasteiger partial charge in [0.15, 0.2) is 0 Å². The van der Waals surface area contributed by atoms with Crippen LogP contribution in [-0.4, -0.2) is 24.9 Å². The Labute approximate surface area is 249 Å². The SMILES string of the molecule is CCCCc1nc2ccc(C(O)(c3cccnc3)c3cccc(F)c3)cc2c(Cl)c1Cc1ccc(-n2cccn2)cc1. The molecule has 0 fully saturated rings. The highest BCUT2D eigenvalue weighted by molar-refractivity contribution is 6.36. The van der Waals surface area contributed by atoms with Crippen molar-refractivity contribution in [2.24, 2.45) is 0 Å². The van der Waals surface area contributed by atoms with Gasteiger partial charge in [0.25, 0.3) is 0 Å². The van der Waals surface area contributed by atoms with Crippen LogP contribution < -0.4 is 0 Å². The summed E-state index contributed by atoms with van der Waals surface area (Å²) in [5.74, 6) is -0.434. The van der Waals surface area contributed by atoms with Crippen molar-refractivity contribution in [2.45, 2.75) is 38.2 Å². The molecule has 7 heteroatoms. The Bertz CT molecular complexity index is 1820. The molecule has 5 nitrogen and oxygen atoms in total. The van der Waals surface area contributed by atoms with Crippen molar-refractivity contribution in [3.8, 4) is 5.69 Å². The predicted octanol–water partition coefficient (Wildman–Crippen LogP) is 7.83. The third-order valence-electron chi connectivity index (χ3n) is 7.69. The fraction of sp³-hybridized carbons (Fsp3) is 0.171. The third-order valence-corrected chi connectivity index (χ3v) is 8.13. The first-order chi connectivity index (χ1) is 20.5. The van der Waals surface area contributed by atoms with Crippen LogP contribution in [0.3, 0.4) is 0 Å². The lowest BCUT2D eigenvalue weighted by molar-refractivity contribution is 0.125. The van der Waals surface area contributed by atoms with E-state index in [0.29, 0.717) is 28.1 Å². The lowest BCUT2D eigenvalue weighted by Gasteiger charge is -2.30. The number of aliphatic hydroxyl groups is 1. The molecule has 0 saturated heterocycles. The second-order valence-electron chi connectivity index (χ2n) is 10.4. The molecule has 3 heterocycles. The lowest BCUT2D eigenvalue weighted by atomic mass is 9.80. The second-order valence-corrected chi connectivity index (χ2v) is 10.8. The Kier molecular flexibility index (Phi) is 7.83. The van der Waals surface area contributed by atoms with Crippen molar-refractivity contribution in [1.82, 2.24) is 19.7 Å². The summed E-state index contributed by atoms with van der Waals surface area (Å²) in [6.45, 7) is 2.16. The molecule has 0 radical (unpaired) electrons. The van der Waals surface area contributed by atoms with Gasteiger partial charge < -0.3 is 5.11 Å². The lowest BCUT2D eigenvalue weighted by Crippen LogP contribution is -2.29. The molecule has 0 aliphatic carbocycles. The summed E-state index contributed by atoms with van der Waals surface area (Å²) in [7, 11) is 0. The molecule has 3 aromatic carbocycles. The van der Waals surface area contributed by atoms with Crippen molar-refractivity contribution in [3.63, 3.8) is 0 Å². The van der Waals surface area contributed by atoms with Crippen LogP contribution in [0, 0.1) is 5.82 Å². The molecular weight excluding hydrogens is 547 g/mol. The first kappa shape index (κ1) is 27.8. The fourth-order valence-electron chi connectivity index (χ4n) is 5.45. The minimum absolute atomic E-state index is 0.399. The molecule has 1 atom stereocenters.